The highest BCUT2D eigenvalue weighted by Crippen LogP contribution is 2.15. The smallest absolute Gasteiger partial charge is 0.131 e. The van der Waals surface area contributed by atoms with E-state index in [9.17, 15) is 4.79 Å². The van der Waals surface area contributed by atoms with Crippen molar-refractivity contribution in [2.45, 2.75) is 19.9 Å². The Balaban J connectivity index is 2.31. The fourth-order valence-corrected chi connectivity index (χ4v) is 1.55. The molecule has 3 heteroatoms. The van der Waals surface area contributed by atoms with Crippen LogP contribution in [0.1, 0.15) is 18.9 Å². The lowest BCUT2D eigenvalue weighted by Gasteiger charge is -2.05. The van der Waals surface area contributed by atoms with Gasteiger partial charge in [-0.3, -0.25) is 4.79 Å². The van der Waals surface area contributed by atoms with Crippen molar-refractivity contribution in [1.29, 1.82) is 0 Å². The average molecular weight is 256 g/mol. The Hall–Kier alpha value is -0.670. The summed E-state index contributed by atoms with van der Waals surface area (Å²) in [6, 6.07) is 8.07. The van der Waals surface area contributed by atoms with Gasteiger partial charge in [-0.25, -0.2) is 0 Å². The first kappa shape index (κ1) is 11.4. The van der Waals surface area contributed by atoms with E-state index in [1.165, 1.54) is 5.56 Å². The van der Waals surface area contributed by atoms with Gasteiger partial charge in [0.2, 0.25) is 0 Å². The number of Topliss-reactive ketones (excluding diaryl/α,β-unsaturated/α-hetero) is 1. The zero-order valence-corrected chi connectivity index (χ0v) is 9.80. The molecule has 0 heterocycles. The Morgan fingerprint density at radius 3 is 2.79 bits per heavy atom. The van der Waals surface area contributed by atoms with Gasteiger partial charge in [0.15, 0.2) is 0 Å². The molecule has 0 saturated heterocycles. The third-order valence-corrected chi connectivity index (χ3v) is 2.70. The molecule has 1 rings (SSSR count). The van der Waals surface area contributed by atoms with E-state index in [-0.39, 0.29) is 5.78 Å². The van der Waals surface area contributed by atoms with Crippen LogP contribution in [0.2, 0.25) is 0 Å². The number of halogens is 1. The van der Waals surface area contributed by atoms with Gasteiger partial charge in [-0.15, -0.1) is 0 Å². The molecular weight excluding hydrogens is 242 g/mol. The lowest BCUT2D eigenvalue weighted by molar-refractivity contribution is -0.116. The maximum atomic E-state index is 10.7. The summed E-state index contributed by atoms with van der Waals surface area (Å²) in [6.07, 6.45) is 0.602. The Labute approximate surface area is 92.8 Å². The molecule has 0 saturated carbocycles. The molecule has 0 fully saturated rings. The maximum Gasteiger partial charge on any atom is 0.131 e. The lowest BCUT2D eigenvalue weighted by Crippen LogP contribution is -2.17. The standard InChI is InChI=1S/C11H14BrNO/c1-9(14)6-7-13-8-10-4-2-3-5-11(10)12/h2-5,13H,6-8H2,1H3. The number of hydrogen-bond donors (Lipinski definition) is 1. The first-order chi connectivity index (χ1) is 6.70. The van der Waals surface area contributed by atoms with Gasteiger partial charge in [0, 0.05) is 24.0 Å². The van der Waals surface area contributed by atoms with Gasteiger partial charge >= 0.3 is 0 Å². The van der Waals surface area contributed by atoms with Crippen molar-refractivity contribution in [1.82, 2.24) is 5.32 Å². The minimum absolute atomic E-state index is 0.227. The quantitative estimate of drug-likeness (QED) is 0.820. The maximum absolute atomic E-state index is 10.7. The van der Waals surface area contributed by atoms with Crippen LogP contribution in [0.4, 0.5) is 0 Å². The van der Waals surface area contributed by atoms with Crippen LogP contribution in [0.5, 0.6) is 0 Å². The normalized spacial score (nSPS) is 10.1. The second kappa shape index (κ2) is 5.94. The number of benzene rings is 1. The predicted molar refractivity (Wildman–Crippen MR) is 61.1 cm³/mol. The Bertz CT molecular complexity index is 312. The molecule has 0 spiro atoms. The van der Waals surface area contributed by atoms with Crippen LogP contribution in [-0.2, 0) is 11.3 Å². The van der Waals surface area contributed by atoms with Crippen molar-refractivity contribution in [3.8, 4) is 0 Å². The number of carbonyl (C=O) groups excluding carboxylic acids is 1. The average Bonchev–Trinajstić information content (AvgIpc) is 2.15. The fourth-order valence-electron chi connectivity index (χ4n) is 1.13. The first-order valence-corrected chi connectivity index (χ1v) is 5.43. The molecular formula is C11H14BrNO. The highest BCUT2D eigenvalue weighted by molar-refractivity contribution is 9.10. The molecule has 0 aliphatic heterocycles. The van der Waals surface area contributed by atoms with Gasteiger partial charge in [0.05, 0.1) is 0 Å². The summed E-state index contributed by atoms with van der Waals surface area (Å²) in [4.78, 5) is 10.7. The van der Waals surface area contributed by atoms with E-state index in [1.54, 1.807) is 6.92 Å². The third-order valence-electron chi connectivity index (χ3n) is 1.93. The highest BCUT2D eigenvalue weighted by atomic mass is 79.9. The van der Waals surface area contributed by atoms with Gasteiger partial charge in [-0.1, -0.05) is 34.1 Å². The number of ketones is 1. The number of carbonyl (C=O) groups is 1. The summed E-state index contributed by atoms with van der Waals surface area (Å²) < 4.78 is 1.11. The molecule has 1 aromatic carbocycles. The molecule has 0 aliphatic carbocycles. The van der Waals surface area contributed by atoms with Crippen molar-refractivity contribution in [2.24, 2.45) is 0 Å². The zero-order valence-electron chi connectivity index (χ0n) is 8.22. The van der Waals surface area contributed by atoms with Gasteiger partial charge in [-0.2, -0.15) is 0 Å². The van der Waals surface area contributed by atoms with E-state index in [4.69, 9.17) is 0 Å². The summed E-state index contributed by atoms with van der Waals surface area (Å²) >= 11 is 3.47. The number of nitrogens with one attached hydrogen (secondary N) is 1. The van der Waals surface area contributed by atoms with E-state index >= 15 is 0 Å². The summed E-state index contributed by atoms with van der Waals surface area (Å²) in [5, 5.41) is 3.22. The van der Waals surface area contributed by atoms with Crippen LogP contribution >= 0.6 is 15.9 Å². The minimum atomic E-state index is 0.227. The molecule has 0 radical (unpaired) electrons. The molecule has 0 unspecified atom stereocenters. The van der Waals surface area contributed by atoms with Gasteiger partial charge < -0.3 is 5.32 Å². The van der Waals surface area contributed by atoms with Gasteiger partial charge in [-0.05, 0) is 18.6 Å². The monoisotopic (exact) mass is 255 g/mol. The van der Waals surface area contributed by atoms with E-state index in [1.807, 2.05) is 18.2 Å². The Morgan fingerprint density at radius 2 is 2.14 bits per heavy atom. The van der Waals surface area contributed by atoms with E-state index in [2.05, 4.69) is 27.3 Å². The van der Waals surface area contributed by atoms with Crippen LogP contribution < -0.4 is 5.32 Å². The van der Waals surface area contributed by atoms with Crippen LogP contribution in [0.3, 0.4) is 0 Å². The summed E-state index contributed by atoms with van der Waals surface area (Å²) in [7, 11) is 0. The summed E-state index contributed by atoms with van der Waals surface area (Å²) in [5.74, 6) is 0.227. The molecule has 76 valence electrons. The Morgan fingerprint density at radius 1 is 1.43 bits per heavy atom. The minimum Gasteiger partial charge on any atom is -0.312 e. The van der Waals surface area contributed by atoms with Gasteiger partial charge in [0.1, 0.15) is 5.78 Å². The van der Waals surface area contributed by atoms with Crippen LogP contribution in [0, 0.1) is 0 Å². The molecule has 0 amide bonds. The van der Waals surface area contributed by atoms with E-state index < -0.39 is 0 Å². The van der Waals surface area contributed by atoms with Gasteiger partial charge in [0.25, 0.3) is 0 Å². The number of hydrogen-bond acceptors (Lipinski definition) is 2. The molecule has 14 heavy (non-hydrogen) atoms. The molecule has 0 bridgehead atoms. The topological polar surface area (TPSA) is 29.1 Å². The summed E-state index contributed by atoms with van der Waals surface area (Å²) in [6.45, 7) is 3.16. The van der Waals surface area contributed by atoms with Crippen molar-refractivity contribution >= 4 is 21.7 Å². The molecule has 0 atom stereocenters. The molecule has 1 aromatic rings. The zero-order chi connectivity index (χ0) is 10.4. The van der Waals surface area contributed by atoms with Crippen molar-refractivity contribution in [3.63, 3.8) is 0 Å². The van der Waals surface area contributed by atoms with Crippen molar-refractivity contribution < 1.29 is 4.79 Å². The SMILES string of the molecule is CC(=O)CCNCc1ccccc1Br. The highest BCUT2D eigenvalue weighted by Gasteiger charge is 1.97. The molecule has 0 aliphatic rings. The van der Waals surface area contributed by atoms with Crippen molar-refractivity contribution in [2.75, 3.05) is 6.54 Å². The summed E-state index contributed by atoms with van der Waals surface area (Å²) in [5.41, 5.74) is 1.22. The van der Waals surface area contributed by atoms with E-state index in [0.29, 0.717) is 6.42 Å². The van der Waals surface area contributed by atoms with Crippen LogP contribution in [-0.4, -0.2) is 12.3 Å². The number of rotatable bonds is 5. The van der Waals surface area contributed by atoms with Crippen LogP contribution in [0.25, 0.3) is 0 Å². The molecule has 2 nitrogen and oxygen atoms in total. The molecule has 0 aromatic heterocycles. The van der Waals surface area contributed by atoms with Crippen molar-refractivity contribution in [3.05, 3.63) is 34.3 Å². The largest absolute Gasteiger partial charge is 0.312 e. The first-order valence-electron chi connectivity index (χ1n) is 4.63. The van der Waals surface area contributed by atoms with Crippen LogP contribution in [0.15, 0.2) is 28.7 Å². The fraction of sp³-hybridized carbons (Fsp3) is 0.364. The predicted octanol–water partition coefficient (Wildman–Crippen LogP) is 2.52. The Kier molecular flexibility index (Phi) is 4.84. The lowest BCUT2D eigenvalue weighted by atomic mass is 10.2. The van der Waals surface area contributed by atoms with E-state index in [0.717, 1.165) is 17.6 Å². The third kappa shape index (κ3) is 4.03. The second-order valence-corrected chi connectivity index (χ2v) is 4.07. The second-order valence-electron chi connectivity index (χ2n) is 3.22. The molecule has 1 N–H and O–H groups in total.